The molecule has 0 aliphatic carbocycles. The molecule has 90 valence electrons. The highest BCUT2D eigenvalue weighted by Crippen LogP contribution is 2.51. The van der Waals surface area contributed by atoms with E-state index in [1.165, 1.54) is 0 Å². The maximum atomic E-state index is 10.6. The molecule has 0 bridgehead atoms. The summed E-state index contributed by atoms with van der Waals surface area (Å²) in [6, 6.07) is 0. The summed E-state index contributed by atoms with van der Waals surface area (Å²) in [5, 5.41) is 14.3. The number of nitrogens with one attached hydrogen (secondary N) is 1. The predicted octanol–water partition coefficient (Wildman–Crippen LogP) is 2.56. The van der Waals surface area contributed by atoms with Crippen molar-refractivity contribution in [2.75, 3.05) is 0 Å². The summed E-state index contributed by atoms with van der Waals surface area (Å²) >= 11 is 0. The first kappa shape index (κ1) is 13.0. The average molecular weight is 213 g/mol. The fourth-order valence-corrected chi connectivity index (χ4v) is 2.69. The van der Waals surface area contributed by atoms with Gasteiger partial charge in [0.1, 0.15) is 0 Å². The minimum atomic E-state index is -0.309. The Bertz CT molecular complexity index is 238. The van der Waals surface area contributed by atoms with Gasteiger partial charge in [-0.3, -0.25) is 0 Å². The first-order chi connectivity index (χ1) is 6.36. The van der Waals surface area contributed by atoms with E-state index in [-0.39, 0.29) is 28.0 Å². The summed E-state index contributed by atoms with van der Waals surface area (Å²) in [4.78, 5) is 0. The second-order valence-electron chi connectivity index (χ2n) is 7.22. The summed E-state index contributed by atoms with van der Waals surface area (Å²) in [5.41, 5.74) is -0.394. The molecule has 2 N–H and O–H groups in total. The zero-order valence-corrected chi connectivity index (χ0v) is 11.5. The van der Waals surface area contributed by atoms with Crippen LogP contribution in [0, 0.1) is 10.8 Å². The van der Waals surface area contributed by atoms with E-state index in [9.17, 15) is 5.11 Å². The van der Waals surface area contributed by atoms with Crippen molar-refractivity contribution in [3.63, 3.8) is 0 Å². The van der Waals surface area contributed by atoms with Crippen molar-refractivity contribution in [2.45, 2.75) is 72.6 Å². The molecule has 1 saturated heterocycles. The van der Waals surface area contributed by atoms with Gasteiger partial charge in [-0.1, -0.05) is 27.7 Å². The monoisotopic (exact) mass is 213 g/mol. The van der Waals surface area contributed by atoms with Crippen LogP contribution in [0.25, 0.3) is 0 Å². The molecule has 0 radical (unpaired) electrons. The number of rotatable bonds is 0. The molecule has 0 aromatic carbocycles. The van der Waals surface area contributed by atoms with Crippen molar-refractivity contribution < 1.29 is 5.11 Å². The van der Waals surface area contributed by atoms with Crippen LogP contribution in [0.2, 0.25) is 0 Å². The molecule has 0 unspecified atom stereocenters. The molecular formula is C13H27NO. The Labute approximate surface area is 94.5 Å². The molecule has 0 aromatic heterocycles. The van der Waals surface area contributed by atoms with Crippen molar-refractivity contribution in [3.05, 3.63) is 0 Å². The summed E-state index contributed by atoms with van der Waals surface area (Å²) < 4.78 is 0. The standard InChI is InChI=1S/C13H27NO/c1-10(2)9(15)11(3,4)13(7,8)14-12(10,5)6/h9,14-15H,1-8H3. The quantitative estimate of drug-likeness (QED) is 0.648. The van der Waals surface area contributed by atoms with Gasteiger partial charge in [0.15, 0.2) is 0 Å². The maximum absolute atomic E-state index is 10.6. The highest BCUT2D eigenvalue weighted by molar-refractivity contribution is 5.15. The Hall–Kier alpha value is -0.0800. The molecule has 0 saturated carbocycles. The van der Waals surface area contributed by atoms with Gasteiger partial charge in [-0.05, 0) is 27.7 Å². The van der Waals surface area contributed by atoms with Crippen LogP contribution in [-0.2, 0) is 0 Å². The van der Waals surface area contributed by atoms with Crippen LogP contribution < -0.4 is 5.32 Å². The van der Waals surface area contributed by atoms with E-state index in [0.29, 0.717) is 0 Å². The molecule has 1 fully saturated rings. The molecule has 2 heteroatoms. The maximum Gasteiger partial charge on any atom is 0.0676 e. The Morgan fingerprint density at radius 2 is 1.00 bits per heavy atom. The van der Waals surface area contributed by atoms with Crippen LogP contribution in [0.3, 0.4) is 0 Å². The normalized spacial score (nSPS) is 32.6. The summed E-state index contributed by atoms with van der Waals surface area (Å²) in [5.74, 6) is 0. The van der Waals surface area contributed by atoms with E-state index in [1.54, 1.807) is 0 Å². The highest BCUT2D eigenvalue weighted by atomic mass is 16.3. The van der Waals surface area contributed by atoms with Gasteiger partial charge in [-0.15, -0.1) is 0 Å². The van der Waals surface area contributed by atoms with Crippen molar-refractivity contribution in [2.24, 2.45) is 10.8 Å². The number of aliphatic hydroxyl groups is 1. The van der Waals surface area contributed by atoms with Crippen LogP contribution >= 0.6 is 0 Å². The van der Waals surface area contributed by atoms with Gasteiger partial charge in [0.05, 0.1) is 6.10 Å². The molecule has 1 heterocycles. The van der Waals surface area contributed by atoms with E-state index in [4.69, 9.17) is 0 Å². The molecule has 1 rings (SSSR count). The largest absolute Gasteiger partial charge is 0.392 e. The zero-order chi connectivity index (χ0) is 12.3. The van der Waals surface area contributed by atoms with Gasteiger partial charge in [-0.2, -0.15) is 0 Å². The van der Waals surface area contributed by atoms with E-state index in [0.717, 1.165) is 0 Å². The fourth-order valence-electron chi connectivity index (χ4n) is 2.69. The summed E-state index contributed by atoms with van der Waals surface area (Å²) in [6.07, 6.45) is -0.309. The highest BCUT2D eigenvalue weighted by Gasteiger charge is 2.59. The Balaban J connectivity index is 3.24. The second kappa shape index (κ2) is 2.98. The topological polar surface area (TPSA) is 32.3 Å². The average Bonchev–Trinajstić information content (AvgIpc) is 1.98. The van der Waals surface area contributed by atoms with Crippen LogP contribution in [-0.4, -0.2) is 22.3 Å². The van der Waals surface area contributed by atoms with E-state index in [1.807, 2.05) is 0 Å². The lowest BCUT2D eigenvalue weighted by atomic mass is 9.53. The second-order valence-corrected chi connectivity index (χ2v) is 7.22. The molecule has 0 spiro atoms. The third kappa shape index (κ3) is 1.53. The Morgan fingerprint density at radius 1 is 0.733 bits per heavy atom. The molecule has 0 amide bonds. The van der Waals surface area contributed by atoms with E-state index < -0.39 is 0 Å². The van der Waals surface area contributed by atoms with Crippen molar-refractivity contribution in [1.82, 2.24) is 5.32 Å². The van der Waals surface area contributed by atoms with Crippen molar-refractivity contribution in [1.29, 1.82) is 0 Å². The zero-order valence-electron chi connectivity index (χ0n) is 11.5. The molecule has 1 aliphatic rings. The molecule has 1 aliphatic heterocycles. The summed E-state index contributed by atoms with van der Waals surface area (Å²) in [6.45, 7) is 17.3. The van der Waals surface area contributed by atoms with Crippen LogP contribution in [0.4, 0.5) is 0 Å². The lowest BCUT2D eigenvalue weighted by Gasteiger charge is -2.63. The SMILES string of the molecule is CC1(C)NC(C)(C)C(C)(C)C(O)C1(C)C. The number of piperidine rings is 1. The van der Waals surface area contributed by atoms with Crippen molar-refractivity contribution in [3.8, 4) is 0 Å². The molecule has 0 atom stereocenters. The van der Waals surface area contributed by atoms with E-state index >= 15 is 0 Å². The lowest BCUT2D eigenvalue weighted by Crippen LogP contribution is -2.75. The van der Waals surface area contributed by atoms with Crippen LogP contribution in [0.5, 0.6) is 0 Å². The number of hydrogen-bond acceptors (Lipinski definition) is 2. The third-order valence-corrected chi connectivity index (χ3v) is 5.21. The molecular weight excluding hydrogens is 186 g/mol. The van der Waals surface area contributed by atoms with Gasteiger partial charge in [-0.25, -0.2) is 0 Å². The third-order valence-electron chi connectivity index (χ3n) is 5.21. The lowest BCUT2D eigenvalue weighted by molar-refractivity contribution is -0.160. The van der Waals surface area contributed by atoms with E-state index in [2.05, 4.69) is 60.7 Å². The number of hydrogen-bond donors (Lipinski definition) is 2. The fraction of sp³-hybridized carbons (Fsp3) is 1.00. The van der Waals surface area contributed by atoms with Gasteiger partial charge >= 0.3 is 0 Å². The smallest absolute Gasteiger partial charge is 0.0676 e. The van der Waals surface area contributed by atoms with Gasteiger partial charge in [0.25, 0.3) is 0 Å². The Kier molecular flexibility index (Phi) is 2.58. The van der Waals surface area contributed by atoms with Gasteiger partial charge in [0, 0.05) is 21.9 Å². The predicted molar refractivity (Wildman–Crippen MR) is 64.9 cm³/mol. The van der Waals surface area contributed by atoms with Crippen LogP contribution in [0.15, 0.2) is 0 Å². The number of aliphatic hydroxyl groups excluding tert-OH is 1. The van der Waals surface area contributed by atoms with Crippen LogP contribution in [0.1, 0.15) is 55.4 Å². The molecule has 0 aromatic rings. The molecule has 2 nitrogen and oxygen atoms in total. The van der Waals surface area contributed by atoms with Gasteiger partial charge in [0.2, 0.25) is 0 Å². The Morgan fingerprint density at radius 3 is 1.27 bits per heavy atom. The minimum Gasteiger partial charge on any atom is -0.392 e. The minimum absolute atomic E-state index is 0.0641. The first-order valence-corrected chi connectivity index (χ1v) is 5.84. The first-order valence-electron chi connectivity index (χ1n) is 5.84. The van der Waals surface area contributed by atoms with Gasteiger partial charge < -0.3 is 10.4 Å². The molecule has 15 heavy (non-hydrogen) atoms. The summed E-state index contributed by atoms with van der Waals surface area (Å²) in [7, 11) is 0. The van der Waals surface area contributed by atoms with Crippen molar-refractivity contribution >= 4 is 0 Å².